The molecule has 1 fully saturated rings. The van der Waals surface area contributed by atoms with Crippen molar-refractivity contribution in [3.63, 3.8) is 0 Å². The van der Waals surface area contributed by atoms with Crippen molar-refractivity contribution in [3.05, 3.63) is 54.1 Å². The Morgan fingerprint density at radius 3 is 2.50 bits per heavy atom. The molecule has 1 aliphatic carbocycles. The fourth-order valence-corrected chi connectivity index (χ4v) is 5.34. The Morgan fingerprint density at radius 2 is 1.83 bits per heavy atom. The summed E-state index contributed by atoms with van der Waals surface area (Å²) in [5.41, 5.74) is 2.96. The molecule has 0 radical (unpaired) electrons. The third kappa shape index (κ3) is 4.03. The average molecular weight is 428 g/mol. The van der Waals surface area contributed by atoms with E-state index in [-0.39, 0.29) is 5.41 Å². The first-order chi connectivity index (χ1) is 14.4. The Kier molecular flexibility index (Phi) is 5.73. The Bertz CT molecular complexity index is 1030. The first kappa shape index (κ1) is 20.7. The Balaban J connectivity index is 1.37. The van der Waals surface area contributed by atoms with Crippen molar-refractivity contribution >= 4 is 21.5 Å². The third-order valence-electron chi connectivity index (χ3n) is 6.16. The molecular weight excluding hydrogens is 398 g/mol. The summed E-state index contributed by atoms with van der Waals surface area (Å²) in [6, 6.07) is 15.2. The first-order valence-corrected chi connectivity index (χ1v) is 12.3. The number of para-hydroxylation sites is 1. The van der Waals surface area contributed by atoms with E-state index >= 15 is 0 Å². The molecule has 160 valence electrons. The molecule has 2 aromatic carbocycles. The van der Waals surface area contributed by atoms with Gasteiger partial charge in [-0.25, -0.2) is 8.42 Å². The van der Waals surface area contributed by atoms with Crippen LogP contribution in [-0.2, 0) is 15.3 Å². The highest BCUT2D eigenvalue weighted by Gasteiger charge is 2.45. The minimum atomic E-state index is -3.19. The maximum atomic E-state index is 11.6. The van der Waals surface area contributed by atoms with Gasteiger partial charge in [-0.3, -0.25) is 4.99 Å². The fourth-order valence-electron chi connectivity index (χ4n) is 4.71. The van der Waals surface area contributed by atoms with Crippen LogP contribution >= 0.6 is 0 Å². The van der Waals surface area contributed by atoms with Gasteiger partial charge in [-0.2, -0.15) is 0 Å². The minimum absolute atomic E-state index is 0.256. The van der Waals surface area contributed by atoms with E-state index in [0.717, 1.165) is 12.5 Å². The van der Waals surface area contributed by atoms with E-state index in [2.05, 4.69) is 39.5 Å². The van der Waals surface area contributed by atoms with Crippen LogP contribution in [0, 0.1) is 0 Å². The van der Waals surface area contributed by atoms with Gasteiger partial charge in [0.1, 0.15) is 12.4 Å². The van der Waals surface area contributed by atoms with Crippen molar-refractivity contribution in [2.75, 3.05) is 37.9 Å². The number of fused-ring (bicyclic) bond motifs is 2. The number of ether oxygens (including phenoxy) is 1. The number of sulfone groups is 1. The molecule has 1 N–H and O–H groups in total. The molecule has 0 unspecified atom stereocenters. The predicted octanol–water partition coefficient (Wildman–Crippen LogP) is 3.38. The zero-order chi connectivity index (χ0) is 21.2. The number of nitrogens with zero attached hydrogens (tertiary/aromatic N) is 2. The lowest BCUT2D eigenvalue weighted by Crippen LogP contribution is -2.44. The van der Waals surface area contributed by atoms with Gasteiger partial charge in [0.05, 0.1) is 11.4 Å². The van der Waals surface area contributed by atoms with Crippen LogP contribution < -0.4 is 15.0 Å². The minimum Gasteiger partial charge on any atom is -0.492 e. The second kappa shape index (κ2) is 8.30. The van der Waals surface area contributed by atoms with Crippen LogP contribution in [0.4, 0.5) is 5.69 Å². The number of rotatable bonds is 5. The molecule has 1 heterocycles. The molecule has 1 aliphatic heterocycles. The van der Waals surface area contributed by atoms with Gasteiger partial charge in [0.25, 0.3) is 0 Å². The highest BCUT2D eigenvalue weighted by molar-refractivity contribution is 7.90. The van der Waals surface area contributed by atoms with Crippen LogP contribution in [0.15, 0.2) is 58.4 Å². The van der Waals surface area contributed by atoms with Gasteiger partial charge in [-0.15, -0.1) is 0 Å². The molecule has 0 bridgehead atoms. The highest BCUT2D eigenvalue weighted by atomic mass is 32.2. The molecule has 6 nitrogen and oxygen atoms in total. The van der Waals surface area contributed by atoms with Crippen molar-refractivity contribution < 1.29 is 13.2 Å². The summed E-state index contributed by atoms with van der Waals surface area (Å²) in [4.78, 5) is 7.12. The topological polar surface area (TPSA) is 71.0 Å². The zero-order valence-electron chi connectivity index (χ0n) is 17.6. The smallest absolute Gasteiger partial charge is 0.198 e. The van der Waals surface area contributed by atoms with Gasteiger partial charge in [-0.1, -0.05) is 31.0 Å². The van der Waals surface area contributed by atoms with Gasteiger partial charge in [0.2, 0.25) is 0 Å². The number of anilines is 1. The summed E-state index contributed by atoms with van der Waals surface area (Å²) in [7, 11) is -1.38. The zero-order valence-corrected chi connectivity index (χ0v) is 18.4. The molecular formula is C23H29N3O3S. The average Bonchev–Trinajstić information content (AvgIpc) is 3.34. The molecule has 1 spiro atoms. The maximum absolute atomic E-state index is 11.6. The second-order valence-electron chi connectivity index (χ2n) is 8.16. The Hall–Kier alpha value is -2.54. The molecule has 0 amide bonds. The van der Waals surface area contributed by atoms with Crippen molar-refractivity contribution in [3.8, 4) is 5.75 Å². The maximum Gasteiger partial charge on any atom is 0.198 e. The molecule has 1 saturated carbocycles. The lowest BCUT2D eigenvalue weighted by molar-refractivity contribution is 0.322. The molecule has 2 aromatic rings. The number of aliphatic imine (C=N–C) groups is 1. The van der Waals surface area contributed by atoms with Crippen molar-refractivity contribution in [1.82, 2.24) is 5.32 Å². The molecule has 4 rings (SSSR count). The quantitative estimate of drug-likeness (QED) is 0.450. The van der Waals surface area contributed by atoms with E-state index in [0.29, 0.717) is 23.8 Å². The largest absolute Gasteiger partial charge is 0.492 e. The summed E-state index contributed by atoms with van der Waals surface area (Å²) in [6.45, 7) is 2.03. The van der Waals surface area contributed by atoms with Gasteiger partial charge in [0.15, 0.2) is 15.8 Å². The van der Waals surface area contributed by atoms with E-state index < -0.39 is 9.84 Å². The summed E-state index contributed by atoms with van der Waals surface area (Å²) in [6.07, 6.45) is 6.26. The number of hydrogen-bond donors (Lipinski definition) is 1. The lowest BCUT2D eigenvalue weighted by atomic mass is 9.81. The number of guanidine groups is 1. The Morgan fingerprint density at radius 1 is 1.13 bits per heavy atom. The van der Waals surface area contributed by atoms with Gasteiger partial charge in [-0.05, 0) is 48.7 Å². The van der Waals surface area contributed by atoms with Crippen LogP contribution in [0.25, 0.3) is 0 Å². The normalized spacial score (nSPS) is 17.9. The summed E-state index contributed by atoms with van der Waals surface area (Å²) >= 11 is 0. The van der Waals surface area contributed by atoms with E-state index in [9.17, 15) is 8.42 Å². The number of benzene rings is 2. The molecule has 0 saturated heterocycles. The summed E-state index contributed by atoms with van der Waals surface area (Å²) < 4.78 is 28.9. The van der Waals surface area contributed by atoms with Crippen LogP contribution in [0.2, 0.25) is 0 Å². The SMILES string of the molecule is CN=C(NCCOc1ccc(S(C)(=O)=O)cc1)N1CC2(CCCC2)c2ccccc21. The fraction of sp³-hybridized carbons (Fsp3) is 0.435. The van der Waals surface area contributed by atoms with Crippen LogP contribution in [-0.4, -0.2) is 47.4 Å². The van der Waals surface area contributed by atoms with E-state index in [1.807, 2.05) is 7.05 Å². The molecule has 0 aromatic heterocycles. The van der Waals surface area contributed by atoms with Crippen LogP contribution in [0.5, 0.6) is 5.75 Å². The number of hydrogen-bond acceptors (Lipinski definition) is 4. The van der Waals surface area contributed by atoms with Crippen LogP contribution in [0.1, 0.15) is 31.2 Å². The first-order valence-electron chi connectivity index (χ1n) is 10.4. The van der Waals surface area contributed by atoms with Crippen molar-refractivity contribution in [1.29, 1.82) is 0 Å². The lowest BCUT2D eigenvalue weighted by Gasteiger charge is -2.26. The van der Waals surface area contributed by atoms with Crippen molar-refractivity contribution in [2.45, 2.75) is 36.0 Å². The molecule has 2 aliphatic rings. The standard InChI is InChI=1S/C23H29N3O3S/c1-24-22(25-15-16-29-18-9-11-19(12-10-18)30(2,27)28)26-17-23(13-5-6-14-23)20-7-3-4-8-21(20)26/h3-4,7-12H,5-6,13-17H2,1-2H3,(H,24,25). The second-order valence-corrected chi connectivity index (χ2v) is 10.2. The van der Waals surface area contributed by atoms with E-state index in [1.54, 1.807) is 24.3 Å². The van der Waals surface area contributed by atoms with Gasteiger partial charge in [0, 0.05) is 31.0 Å². The molecule has 30 heavy (non-hydrogen) atoms. The van der Waals surface area contributed by atoms with Crippen molar-refractivity contribution in [2.24, 2.45) is 4.99 Å². The summed E-state index contributed by atoms with van der Waals surface area (Å²) in [5, 5.41) is 3.42. The van der Waals surface area contributed by atoms with E-state index in [4.69, 9.17) is 4.74 Å². The molecule has 0 atom stereocenters. The monoisotopic (exact) mass is 427 g/mol. The Labute approximate surface area is 178 Å². The number of nitrogens with one attached hydrogen (secondary N) is 1. The molecule has 7 heteroatoms. The van der Waals surface area contributed by atoms with Gasteiger partial charge >= 0.3 is 0 Å². The van der Waals surface area contributed by atoms with Crippen LogP contribution in [0.3, 0.4) is 0 Å². The third-order valence-corrected chi connectivity index (χ3v) is 7.29. The highest BCUT2D eigenvalue weighted by Crippen LogP contribution is 2.50. The predicted molar refractivity (Wildman–Crippen MR) is 120 cm³/mol. The summed E-state index contributed by atoms with van der Waals surface area (Å²) in [5.74, 6) is 1.51. The van der Waals surface area contributed by atoms with E-state index in [1.165, 1.54) is 43.2 Å². The van der Waals surface area contributed by atoms with Gasteiger partial charge < -0.3 is 15.0 Å².